The molecule has 0 bridgehead atoms. The first-order valence-corrected chi connectivity index (χ1v) is 5.85. The number of carbonyl (C=O) groups is 3. The molecule has 0 unspecified atom stereocenters. The molecule has 0 aliphatic rings. The normalized spacial score (nSPS) is 12.4. The number of nitrogens with one attached hydrogen (secondary N) is 3. The number of aliphatic hydroxyl groups excluding tert-OH is 1. The van der Waals surface area contributed by atoms with Gasteiger partial charge in [0.25, 0.3) is 0 Å². The lowest BCUT2D eigenvalue weighted by atomic mass is 10.1. The second-order valence-electron chi connectivity index (χ2n) is 5.05. The Bertz CT molecular complexity index is 338. The van der Waals surface area contributed by atoms with E-state index in [0.29, 0.717) is 0 Å². The number of carboxylic acid groups (broad SMARTS) is 1. The van der Waals surface area contributed by atoms with E-state index in [1.165, 1.54) is 0 Å². The number of rotatable bonds is 6. The van der Waals surface area contributed by atoms with Crippen molar-refractivity contribution in [2.24, 2.45) is 0 Å². The van der Waals surface area contributed by atoms with E-state index in [-0.39, 0.29) is 31.0 Å². The predicted octanol–water partition coefficient (Wildman–Crippen LogP) is -0.964. The maximum Gasteiger partial charge on any atom is 0.332 e. The number of carbonyl (C=O) groups excluding carboxylic acids is 2. The van der Waals surface area contributed by atoms with Gasteiger partial charge in [-0.05, 0) is 20.8 Å². The summed E-state index contributed by atoms with van der Waals surface area (Å²) in [6.45, 7) is 5.28. The number of urea groups is 1. The zero-order chi connectivity index (χ0) is 15.1. The highest BCUT2D eigenvalue weighted by atomic mass is 16.4. The van der Waals surface area contributed by atoms with Gasteiger partial charge in [-0.15, -0.1) is 0 Å². The average molecular weight is 275 g/mol. The second kappa shape index (κ2) is 7.57. The third-order valence-electron chi connectivity index (χ3n) is 1.91. The van der Waals surface area contributed by atoms with E-state index in [1.807, 2.05) is 20.8 Å². The minimum Gasteiger partial charge on any atom is -0.479 e. The summed E-state index contributed by atoms with van der Waals surface area (Å²) >= 11 is 0. The van der Waals surface area contributed by atoms with Crippen LogP contribution in [-0.2, 0) is 9.59 Å². The van der Waals surface area contributed by atoms with E-state index in [4.69, 9.17) is 10.2 Å². The Labute approximate surface area is 111 Å². The Morgan fingerprint density at radius 2 is 1.74 bits per heavy atom. The summed E-state index contributed by atoms with van der Waals surface area (Å²) in [4.78, 5) is 32.9. The zero-order valence-electron chi connectivity index (χ0n) is 11.3. The Balaban J connectivity index is 3.76. The van der Waals surface area contributed by atoms with Gasteiger partial charge >= 0.3 is 12.0 Å². The van der Waals surface area contributed by atoms with Crippen LogP contribution in [0.4, 0.5) is 4.79 Å². The molecule has 0 heterocycles. The first-order valence-electron chi connectivity index (χ1n) is 5.85. The topological polar surface area (TPSA) is 128 Å². The van der Waals surface area contributed by atoms with Crippen molar-refractivity contribution in [2.75, 3.05) is 13.1 Å². The van der Waals surface area contributed by atoms with E-state index in [0.717, 1.165) is 0 Å². The number of aliphatic carboxylic acids is 1. The second-order valence-corrected chi connectivity index (χ2v) is 5.05. The SMILES string of the molecule is CC(C)(C)NC(=O)CNC(=O)NCC[C@H](O)C(=O)O. The average Bonchev–Trinajstić information content (AvgIpc) is 2.23. The zero-order valence-corrected chi connectivity index (χ0v) is 11.3. The van der Waals surface area contributed by atoms with Crippen molar-refractivity contribution in [2.45, 2.75) is 38.8 Å². The third-order valence-corrected chi connectivity index (χ3v) is 1.91. The van der Waals surface area contributed by atoms with Gasteiger partial charge in [-0.2, -0.15) is 0 Å². The Kier molecular flexibility index (Phi) is 6.84. The van der Waals surface area contributed by atoms with Crippen LogP contribution in [0.25, 0.3) is 0 Å². The van der Waals surface area contributed by atoms with Crippen LogP contribution in [0, 0.1) is 0 Å². The summed E-state index contributed by atoms with van der Waals surface area (Å²) in [6.07, 6.45) is -1.61. The fraction of sp³-hybridized carbons (Fsp3) is 0.727. The molecule has 0 aromatic heterocycles. The van der Waals surface area contributed by atoms with Crippen molar-refractivity contribution in [3.63, 3.8) is 0 Å². The predicted molar refractivity (Wildman–Crippen MR) is 67.6 cm³/mol. The van der Waals surface area contributed by atoms with Crippen molar-refractivity contribution in [1.29, 1.82) is 0 Å². The quantitative estimate of drug-likeness (QED) is 0.426. The number of hydrogen-bond donors (Lipinski definition) is 5. The lowest BCUT2D eigenvalue weighted by Gasteiger charge is -2.20. The maximum atomic E-state index is 11.4. The molecule has 0 aromatic carbocycles. The Morgan fingerprint density at radius 3 is 2.21 bits per heavy atom. The first kappa shape index (κ1) is 17.2. The van der Waals surface area contributed by atoms with Crippen LogP contribution in [0.5, 0.6) is 0 Å². The molecule has 110 valence electrons. The fourth-order valence-corrected chi connectivity index (χ4v) is 1.13. The van der Waals surface area contributed by atoms with Crippen LogP contribution >= 0.6 is 0 Å². The van der Waals surface area contributed by atoms with Crippen LogP contribution < -0.4 is 16.0 Å². The molecule has 8 nitrogen and oxygen atoms in total. The van der Waals surface area contributed by atoms with E-state index < -0.39 is 18.1 Å². The van der Waals surface area contributed by atoms with Gasteiger partial charge in [-0.3, -0.25) is 4.79 Å². The van der Waals surface area contributed by atoms with Crippen molar-refractivity contribution >= 4 is 17.9 Å². The molecule has 0 radical (unpaired) electrons. The maximum absolute atomic E-state index is 11.4. The lowest BCUT2D eigenvalue weighted by molar-refractivity contribution is -0.146. The Hall–Kier alpha value is -1.83. The minimum atomic E-state index is -1.51. The van der Waals surface area contributed by atoms with E-state index in [2.05, 4.69) is 16.0 Å². The summed E-state index contributed by atoms with van der Waals surface area (Å²) in [6, 6.07) is -0.596. The summed E-state index contributed by atoms with van der Waals surface area (Å²) in [7, 11) is 0. The van der Waals surface area contributed by atoms with Crippen LogP contribution in [0.2, 0.25) is 0 Å². The summed E-state index contributed by atoms with van der Waals surface area (Å²) in [5, 5.41) is 24.7. The Morgan fingerprint density at radius 1 is 1.16 bits per heavy atom. The molecular weight excluding hydrogens is 254 g/mol. The highest BCUT2D eigenvalue weighted by Crippen LogP contribution is 1.97. The molecule has 0 aromatic rings. The summed E-state index contributed by atoms with van der Waals surface area (Å²) < 4.78 is 0. The van der Waals surface area contributed by atoms with Crippen LogP contribution in [0.3, 0.4) is 0 Å². The summed E-state index contributed by atoms with van der Waals surface area (Å²) in [5.74, 6) is -1.67. The van der Waals surface area contributed by atoms with Gasteiger partial charge in [0, 0.05) is 18.5 Å². The van der Waals surface area contributed by atoms with E-state index >= 15 is 0 Å². The van der Waals surface area contributed by atoms with Gasteiger partial charge in [-0.1, -0.05) is 0 Å². The standard InChI is InChI=1S/C11H21N3O5/c1-11(2,3)14-8(16)6-13-10(19)12-5-4-7(15)9(17)18/h7,15H,4-6H2,1-3H3,(H,14,16)(H,17,18)(H2,12,13,19)/t7-/m0/s1. The number of aliphatic hydroxyl groups is 1. The molecule has 0 rings (SSSR count). The van der Waals surface area contributed by atoms with Gasteiger partial charge in [0.05, 0.1) is 6.54 Å². The molecule has 3 amide bonds. The molecule has 0 saturated carbocycles. The van der Waals surface area contributed by atoms with Gasteiger partial charge in [0.1, 0.15) is 0 Å². The number of amides is 3. The molecule has 1 atom stereocenters. The lowest BCUT2D eigenvalue weighted by Crippen LogP contribution is -2.47. The van der Waals surface area contributed by atoms with Gasteiger partial charge in [-0.25, -0.2) is 9.59 Å². The van der Waals surface area contributed by atoms with Gasteiger partial charge < -0.3 is 26.2 Å². The van der Waals surface area contributed by atoms with Crippen LogP contribution in [0.1, 0.15) is 27.2 Å². The first-order chi connectivity index (χ1) is 8.61. The van der Waals surface area contributed by atoms with Gasteiger partial charge in [0.2, 0.25) is 5.91 Å². The number of hydrogen-bond acceptors (Lipinski definition) is 4. The van der Waals surface area contributed by atoms with Crippen molar-refractivity contribution in [3.05, 3.63) is 0 Å². The molecule has 0 saturated heterocycles. The molecule has 0 spiro atoms. The summed E-state index contributed by atoms with van der Waals surface area (Å²) in [5.41, 5.74) is -0.374. The van der Waals surface area contributed by atoms with Crippen LogP contribution in [-0.4, -0.2) is 52.9 Å². The molecule has 5 N–H and O–H groups in total. The largest absolute Gasteiger partial charge is 0.479 e. The molecule has 19 heavy (non-hydrogen) atoms. The highest BCUT2D eigenvalue weighted by Gasteiger charge is 2.15. The monoisotopic (exact) mass is 275 g/mol. The molecule has 0 fully saturated rings. The molecule has 0 aliphatic carbocycles. The van der Waals surface area contributed by atoms with Crippen molar-refractivity contribution in [1.82, 2.24) is 16.0 Å². The van der Waals surface area contributed by atoms with Crippen molar-refractivity contribution < 1.29 is 24.6 Å². The van der Waals surface area contributed by atoms with Crippen LogP contribution in [0.15, 0.2) is 0 Å². The molecule has 0 aliphatic heterocycles. The van der Waals surface area contributed by atoms with E-state index in [1.54, 1.807) is 0 Å². The number of carboxylic acids is 1. The highest BCUT2D eigenvalue weighted by molar-refractivity contribution is 5.84. The van der Waals surface area contributed by atoms with Gasteiger partial charge in [0.15, 0.2) is 6.10 Å². The smallest absolute Gasteiger partial charge is 0.332 e. The van der Waals surface area contributed by atoms with E-state index in [9.17, 15) is 14.4 Å². The minimum absolute atomic E-state index is 0.000188. The third kappa shape index (κ3) is 9.83. The van der Waals surface area contributed by atoms with Crippen molar-refractivity contribution in [3.8, 4) is 0 Å². The molecular formula is C11H21N3O5. The fourth-order valence-electron chi connectivity index (χ4n) is 1.13. The molecule has 8 heteroatoms.